The SMILES string of the molecule is Cc1ccc(C2CC(=O)C3C(=Nc4ccccc4N(C(=O)CCC(=O)O)C3c3cccnc3)C2)cc1. The molecule has 1 aliphatic carbocycles. The summed E-state index contributed by atoms with van der Waals surface area (Å²) in [4.78, 5) is 49.5. The van der Waals surface area contributed by atoms with Crippen LogP contribution in [-0.4, -0.2) is 33.5 Å². The highest BCUT2D eigenvalue weighted by Crippen LogP contribution is 2.47. The number of hydrogen-bond donors (Lipinski definition) is 1. The zero-order valence-electron chi connectivity index (χ0n) is 20.0. The van der Waals surface area contributed by atoms with Crippen molar-refractivity contribution in [2.75, 3.05) is 4.90 Å². The molecule has 2 heterocycles. The minimum atomic E-state index is -1.05. The Hall–Kier alpha value is -4.13. The summed E-state index contributed by atoms with van der Waals surface area (Å²) in [5, 5.41) is 9.22. The standard InChI is InChI=1S/C29H27N3O4/c1-18-8-10-19(11-9-18)21-15-23-28(25(33)16-21)29(20-5-4-14-30-17-20)32(26(34)12-13-27(35)36)24-7-3-2-6-22(24)31-23/h2-11,14,17,21,28-29H,12-13,15-16H2,1H3,(H,35,36). The highest BCUT2D eigenvalue weighted by atomic mass is 16.4. The summed E-state index contributed by atoms with van der Waals surface area (Å²) in [7, 11) is 0. The van der Waals surface area contributed by atoms with E-state index in [0.717, 1.165) is 22.4 Å². The first kappa shape index (κ1) is 23.6. The van der Waals surface area contributed by atoms with Gasteiger partial charge in [-0.3, -0.25) is 24.4 Å². The lowest BCUT2D eigenvalue weighted by atomic mass is 9.72. The second-order valence-corrected chi connectivity index (χ2v) is 9.44. The predicted molar refractivity (Wildman–Crippen MR) is 137 cm³/mol. The van der Waals surface area contributed by atoms with Crippen LogP contribution in [0.3, 0.4) is 0 Å². The van der Waals surface area contributed by atoms with Crippen LogP contribution in [-0.2, 0) is 14.4 Å². The fraction of sp³-hybridized carbons (Fsp3) is 0.276. The number of fused-ring (bicyclic) bond motifs is 2. The van der Waals surface area contributed by atoms with Crippen LogP contribution in [0.2, 0.25) is 0 Å². The Labute approximate surface area is 209 Å². The number of rotatable bonds is 5. The number of Topliss-reactive ketones (excluding diaryl/α,β-unsaturated/α-hetero) is 1. The van der Waals surface area contributed by atoms with Gasteiger partial charge in [0.15, 0.2) is 0 Å². The highest BCUT2D eigenvalue weighted by molar-refractivity contribution is 6.13. The van der Waals surface area contributed by atoms with Gasteiger partial charge >= 0.3 is 5.97 Å². The third-order valence-electron chi connectivity index (χ3n) is 7.00. The lowest BCUT2D eigenvalue weighted by Crippen LogP contribution is -2.45. The highest BCUT2D eigenvalue weighted by Gasteiger charge is 2.46. The molecule has 2 aliphatic rings. The monoisotopic (exact) mass is 481 g/mol. The molecule has 36 heavy (non-hydrogen) atoms. The van der Waals surface area contributed by atoms with Crippen LogP contribution in [0, 0.1) is 12.8 Å². The molecule has 1 aromatic heterocycles. The number of aryl methyl sites for hydroxylation is 1. The molecule has 1 fully saturated rings. The van der Waals surface area contributed by atoms with Gasteiger partial charge in [0.1, 0.15) is 5.78 Å². The molecular weight excluding hydrogens is 454 g/mol. The van der Waals surface area contributed by atoms with E-state index < -0.39 is 17.9 Å². The molecule has 1 amide bonds. The number of anilines is 1. The summed E-state index contributed by atoms with van der Waals surface area (Å²) in [5.41, 5.74) is 4.89. The number of carboxylic acids is 1. The molecule has 182 valence electrons. The van der Waals surface area contributed by atoms with E-state index in [1.54, 1.807) is 29.4 Å². The van der Waals surface area contributed by atoms with Crippen molar-refractivity contribution in [1.82, 2.24) is 4.98 Å². The molecule has 0 spiro atoms. The number of hydrogen-bond acceptors (Lipinski definition) is 5. The lowest BCUT2D eigenvalue weighted by molar-refractivity contribution is -0.138. The molecule has 0 radical (unpaired) electrons. The number of para-hydroxylation sites is 2. The van der Waals surface area contributed by atoms with Crippen LogP contribution in [0.15, 0.2) is 78.0 Å². The maximum absolute atomic E-state index is 13.9. The number of aliphatic imine (C=N–C) groups is 1. The third-order valence-corrected chi connectivity index (χ3v) is 7.00. The van der Waals surface area contributed by atoms with Gasteiger partial charge in [0.2, 0.25) is 5.91 Å². The number of pyridine rings is 1. The van der Waals surface area contributed by atoms with Crippen LogP contribution in [0.25, 0.3) is 0 Å². The molecule has 1 saturated carbocycles. The first-order valence-electron chi connectivity index (χ1n) is 12.1. The minimum absolute atomic E-state index is 0.00377. The lowest BCUT2D eigenvalue weighted by Gasteiger charge is -2.38. The van der Waals surface area contributed by atoms with E-state index in [1.807, 2.05) is 31.2 Å². The molecule has 1 N–H and O–H groups in total. The van der Waals surface area contributed by atoms with Gasteiger partial charge < -0.3 is 10.0 Å². The zero-order chi connectivity index (χ0) is 25.2. The number of aromatic nitrogens is 1. The Morgan fingerprint density at radius 1 is 0.972 bits per heavy atom. The molecule has 3 unspecified atom stereocenters. The number of carbonyl (C=O) groups excluding carboxylic acids is 2. The number of amides is 1. The van der Waals surface area contributed by atoms with Crippen molar-refractivity contribution in [2.24, 2.45) is 10.9 Å². The first-order chi connectivity index (χ1) is 17.4. The van der Waals surface area contributed by atoms with Gasteiger partial charge in [0.25, 0.3) is 0 Å². The molecule has 7 nitrogen and oxygen atoms in total. The molecule has 7 heteroatoms. The van der Waals surface area contributed by atoms with Crippen molar-refractivity contribution in [3.8, 4) is 0 Å². The van der Waals surface area contributed by atoms with Crippen molar-refractivity contribution in [2.45, 2.75) is 44.6 Å². The van der Waals surface area contributed by atoms with E-state index in [4.69, 9.17) is 4.99 Å². The third kappa shape index (κ3) is 4.56. The fourth-order valence-electron chi connectivity index (χ4n) is 5.29. The summed E-state index contributed by atoms with van der Waals surface area (Å²) in [6.45, 7) is 2.03. The molecule has 0 saturated heterocycles. The van der Waals surface area contributed by atoms with Crippen molar-refractivity contribution in [3.05, 3.63) is 89.7 Å². The van der Waals surface area contributed by atoms with Gasteiger partial charge in [-0.15, -0.1) is 0 Å². The number of carboxylic acid groups (broad SMARTS) is 1. The summed E-state index contributed by atoms with van der Waals surface area (Å²) in [6.07, 6.45) is 3.80. The molecule has 2 aromatic carbocycles. The van der Waals surface area contributed by atoms with Crippen LogP contribution < -0.4 is 4.90 Å². The smallest absolute Gasteiger partial charge is 0.303 e. The average molecular weight is 482 g/mol. The number of benzene rings is 2. The second kappa shape index (κ2) is 9.85. The molecule has 1 aliphatic heterocycles. The fourth-order valence-corrected chi connectivity index (χ4v) is 5.29. The Kier molecular flexibility index (Phi) is 6.46. The van der Waals surface area contributed by atoms with Gasteiger partial charge in [-0.25, -0.2) is 0 Å². The Bertz CT molecular complexity index is 1330. The summed E-state index contributed by atoms with van der Waals surface area (Å²) in [5.74, 6) is -2.02. The summed E-state index contributed by atoms with van der Waals surface area (Å²) in [6, 6.07) is 18.5. The maximum atomic E-state index is 13.9. The molecule has 3 atom stereocenters. The molecule has 5 rings (SSSR count). The first-order valence-corrected chi connectivity index (χ1v) is 12.1. The summed E-state index contributed by atoms with van der Waals surface area (Å²) >= 11 is 0. The van der Waals surface area contributed by atoms with E-state index in [0.29, 0.717) is 24.2 Å². The van der Waals surface area contributed by atoms with Crippen LogP contribution in [0.1, 0.15) is 54.3 Å². The van der Waals surface area contributed by atoms with E-state index in [9.17, 15) is 19.5 Å². The summed E-state index contributed by atoms with van der Waals surface area (Å²) < 4.78 is 0. The van der Waals surface area contributed by atoms with Crippen molar-refractivity contribution < 1.29 is 19.5 Å². The number of nitrogens with zero attached hydrogens (tertiary/aromatic N) is 3. The Balaban J connectivity index is 1.63. The molecular formula is C29H27N3O4. The number of ketones is 1. The zero-order valence-corrected chi connectivity index (χ0v) is 20.0. The molecule has 3 aromatic rings. The van der Waals surface area contributed by atoms with Crippen molar-refractivity contribution in [1.29, 1.82) is 0 Å². The van der Waals surface area contributed by atoms with Gasteiger partial charge in [-0.1, -0.05) is 48.0 Å². The Morgan fingerprint density at radius 2 is 1.75 bits per heavy atom. The minimum Gasteiger partial charge on any atom is -0.481 e. The van der Waals surface area contributed by atoms with Gasteiger partial charge in [0.05, 0.1) is 29.8 Å². The second-order valence-electron chi connectivity index (χ2n) is 9.44. The van der Waals surface area contributed by atoms with E-state index in [1.165, 1.54) is 0 Å². The van der Waals surface area contributed by atoms with Crippen LogP contribution >= 0.6 is 0 Å². The van der Waals surface area contributed by atoms with Crippen LogP contribution in [0.4, 0.5) is 11.4 Å². The van der Waals surface area contributed by atoms with Gasteiger partial charge in [-0.05, 0) is 48.6 Å². The van der Waals surface area contributed by atoms with Crippen LogP contribution in [0.5, 0.6) is 0 Å². The normalized spacial score (nSPS) is 21.1. The largest absolute Gasteiger partial charge is 0.481 e. The number of aliphatic carboxylic acids is 1. The van der Waals surface area contributed by atoms with Crippen molar-refractivity contribution in [3.63, 3.8) is 0 Å². The molecule has 0 bridgehead atoms. The van der Waals surface area contributed by atoms with Crippen molar-refractivity contribution >= 4 is 34.7 Å². The van der Waals surface area contributed by atoms with Gasteiger partial charge in [0, 0.05) is 30.9 Å². The quantitative estimate of drug-likeness (QED) is 0.541. The van der Waals surface area contributed by atoms with E-state index in [-0.39, 0.29) is 30.4 Å². The van der Waals surface area contributed by atoms with E-state index in [2.05, 4.69) is 29.2 Å². The Morgan fingerprint density at radius 3 is 2.47 bits per heavy atom. The average Bonchev–Trinajstić information content (AvgIpc) is 3.03. The van der Waals surface area contributed by atoms with E-state index >= 15 is 0 Å². The number of carbonyl (C=O) groups is 3. The topological polar surface area (TPSA) is 99.9 Å². The predicted octanol–water partition coefficient (Wildman–Crippen LogP) is 5.18. The van der Waals surface area contributed by atoms with Gasteiger partial charge in [-0.2, -0.15) is 0 Å². The maximum Gasteiger partial charge on any atom is 0.303 e.